The lowest BCUT2D eigenvalue weighted by Gasteiger charge is -2.31. The van der Waals surface area contributed by atoms with E-state index in [2.05, 4.69) is 37.9 Å². The highest BCUT2D eigenvalue weighted by molar-refractivity contribution is 8.11. The molecule has 0 atom stereocenters. The number of aliphatic imine (C=N–C) groups is 1. The molecule has 2 radical (unpaired) electrons. The van der Waals surface area contributed by atoms with Gasteiger partial charge in [0.1, 0.15) is 0 Å². The SMILES string of the molecule is [B]CCC(=O)N(c1cccc(SCC)c1CSC=N/C=C\CCC(C)C)N(C)C. The second-order valence-corrected chi connectivity index (χ2v) is 9.34. The van der Waals surface area contributed by atoms with E-state index in [0.29, 0.717) is 18.7 Å². The maximum Gasteiger partial charge on any atom is 0.240 e. The van der Waals surface area contributed by atoms with E-state index in [-0.39, 0.29) is 5.91 Å². The fourth-order valence-corrected chi connectivity index (χ4v) is 4.38. The molecule has 1 aromatic carbocycles. The van der Waals surface area contributed by atoms with E-state index in [1.807, 2.05) is 43.0 Å². The number of allylic oxidation sites excluding steroid dienone is 1. The molecule has 0 spiro atoms. The highest BCUT2D eigenvalue weighted by Gasteiger charge is 2.21. The molecule has 0 aromatic heterocycles. The molecular formula is C22H34BN3OS2. The van der Waals surface area contributed by atoms with Gasteiger partial charge in [0.15, 0.2) is 0 Å². The van der Waals surface area contributed by atoms with Crippen LogP contribution in [0, 0.1) is 5.92 Å². The van der Waals surface area contributed by atoms with Gasteiger partial charge in [0.2, 0.25) is 5.91 Å². The quantitative estimate of drug-likeness (QED) is 0.130. The molecule has 0 aliphatic rings. The predicted molar refractivity (Wildman–Crippen MR) is 132 cm³/mol. The van der Waals surface area contributed by atoms with Crippen molar-refractivity contribution in [2.45, 2.75) is 57.0 Å². The van der Waals surface area contributed by atoms with Crippen molar-refractivity contribution >= 4 is 48.5 Å². The summed E-state index contributed by atoms with van der Waals surface area (Å²) in [5.74, 6) is 2.45. The molecule has 0 saturated heterocycles. The van der Waals surface area contributed by atoms with E-state index >= 15 is 0 Å². The summed E-state index contributed by atoms with van der Waals surface area (Å²) < 4.78 is 0. The molecule has 0 aliphatic carbocycles. The van der Waals surface area contributed by atoms with Crippen molar-refractivity contribution in [1.82, 2.24) is 5.01 Å². The minimum absolute atomic E-state index is 0.00384. The Morgan fingerprint density at radius 1 is 1.31 bits per heavy atom. The van der Waals surface area contributed by atoms with Crippen LogP contribution in [0.2, 0.25) is 6.32 Å². The monoisotopic (exact) mass is 431 g/mol. The molecule has 0 bridgehead atoms. The van der Waals surface area contributed by atoms with Crippen LogP contribution in [0.5, 0.6) is 0 Å². The summed E-state index contributed by atoms with van der Waals surface area (Å²) in [4.78, 5) is 18.3. The zero-order valence-corrected chi connectivity index (χ0v) is 20.1. The largest absolute Gasteiger partial charge is 0.273 e. The van der Waals surface area contributed by atoms with E-state index in [4.69, 9.17) is 7.85 Å². The van der Waals surface area contributed by atoms with E-state index < -0.39 is 0 Å². The zero-order chi connectivity index (χ0) is 21.6. The third-order valence-electron chi connectivity index (χ3n) is 4.10. The van der Waals surface area contributed by atoms with Crippen molar-refractivity contribution in [3.8, 4) is 0 Å². The standard InChI is InChI=1S/C22H34BN3OS2/c1-6-29-21-12-9-11-20(26(25(4)5)22(27)13-14-23)19(21)16-28-17-24-15-8-7-10-18(2)3/h8-9,11-12,15,17-18H,6-7,10,13-14,16H2,1-5H3/b15-8-,24-17?. The number of carbonyl (C=O) groups excluding carboxylic acids is 1. The number of nitrogens with zero attached hydrogens (tertiary/aromatic N) is 3. The lowest BCUT2D eigenvalue weighted by atomic mass is 10.0. The molecule has 4 nitrogen and oxygen atoms in total. The minimum Gasteiger partial charge on any atom is -0.273 e. The van der Waals surface area contributed by atoms with Gasteiger partial charge in [0.25, 0.3) is 0 Å². The number of hydrogen-bond donors (Lipinski definition) is 0. The van der Waals surface area contributed by atoms with Gasteiger partial charge in [0.05, 0.1) is 19.1 Å². The van der Waals surface area contributed by atoms with Crippen molar-refractivity contribution in [2.24, 2.45) is 10.9 Å². The average molecular weight is 431 g/mol. The van der Waals surface area contributed by atoms with Crippen LogP contribution in [0.15, 0.2) is 40.4 Å². The van der Waals surface area contributed by atoms with Crippen LogP contribution in [0.25, 0.3) is 0 Å². The summed E-state index contributed by atoms with van der Waals surface area (Å²) >= 11 is 3.44. The predicted octanol–water partition coefficient (Wildman–Crippen LogP) is 5.80. The van der Waals surface area contributed by atoms with Crippen LogP contribution in [0.1, 0.15) is 45.6 Å². The molecule has 0 unspecified atom stereocenters. The molecule has 7 heteroatoms. The second-order valence-electron chi connectivity index (χ2n) is 7.20. The van der Waals surface area contributed by atoms with Crippen molar-refractivity contribution < 1.29 is 4.79 Å². The van der Waals surface area contributed by atoms with Crippen molar-refractivity contribution in [1.29, 1.82) is 0 Å². The van der Waals surface area contributed by atoms with Crippen molar-refractivity contribution in [2.75, 3.05) is 24.9 Å². The van der Waals surface area contributed by atoms with Crippen molar-refractivity contribution in [3.05, 3.63) is 36.0 Å². The molecule has 1 rings (SSSR count). The number of hydrazine groups is 1. The first-order chi connectivity index (χ1) is 13.9. The van der Waals surface area contributed by atoms with Gasteiger partial charge in [-0.25, -0.2) is 10.0 Å². The Bertz CT molecular complexity index is 678. The molecule has 1 aromatic rings. The van der Waals surface area contributed by atoms with Gasteiger partial charge in [-0.1, -0.05) is 39.2 Å². The summed E-state index contributed by atoms with van der Waals surface area (Å²) in [5, 5.41) is 3.55. The molecule has 158 valence electrons. The zero-order valence-electron chi connectivity index (χ0n) is 18.4. The Morgan fingerprint density at radius 2 is 2.07 bits per heavy atom. The van der Waals surface area contributed by atoms with E-state index in [1.165, 1.54) is 11.3 Å². The Hall–Kier alpha value is -1.18. The first kappa shape index (κ1) is 25.9. The number of hydrogen-bond acceptors (Lipinski definition) is 5. The maximum atomic E-state index is 12.7. The number of benzene rings is 1. The lowest BCUT2D eigenvalue weighted by Crippen LogP contribution is -2.42. The van der Waals surface area contributed by atoms with Gasteiger partial charge in [-0.15, -0.1) is 23.5 Å². The number of anilines is 1. The highest BCUT2D eigenvalue weighted by atomic mass is 32.2. The first-order valence-electron chi connectivity index (χ1n) is 10.2. The van der Waals surface area contributed by atoms with E-state index in [9.17, 15) is 4.79 Å². The molecule has 29 heavy (non-hydrogen) atoms. The Kier molecular flexibility index (Phi) is 13.2. The van der Waals surface area contributed by atoms with Gasteiger partial charge in [-0.05, 0) is 36.6 Å². The topological polar surface area (TPSA) is 35.9 Å². The first-order valence-corrected chi connectivity index (χ1v) is 12.2. The Morgan fingerprint density at radius 3 is 2.69 bits per heavy atom. The molecule has 0 heterocycles. The fourth-order valence-electron chi connectivity index (χ4n) is 2.75. The number of amides is 1. The summed E-state index contributed by atoms with van der Waals surface area (Å²) in [6, 6.07) is 6.14. The second kappa shape index (κ2) is 14.8. The third kappa shape index (κ3) is 9.45. The molecule has 0 aliphatic heterocycles. The molecule has 0 N–H and O–H groups in total. The Balaban J connectivity index is 2.97. The summed E-state index contributed by atoms with van der Waals surface area (Å²) in [6.07, 6.45) is 6.88. The minimum atomic E-state index is 0.00384. The summed E-state index contributed by atoms with van der Waals surface area (Å²) in [6.45, 7) is 6.60. The van der Waals surface area contributed by atoms with Gasteiger partial charge in [-0.3, -0.25) is 9.79 Å². The lowest BCUT2D eigenvalue weighted by molar-refractivity contribution is -0.120. The van der Waals surface area contributed by atoms with Crippen LogP contribution in [0.3, 0.4) is 0 Å². The molecule has 0 saturated carbocycles. The van der Waals surface area contributed by atoms with Crippen LogP contribution in [-0.4, -0.2) is 44.2 Å². The maximum absolute atomic E-state index is 12.7. The number of rotatable bonds is 13. The molecule has 0 fully saturated rings. The highest BCUT2D eigenvalue weighted by Crippen LogP contribution is 2.34. The van der Waals surface area contributed by atoms with Crippen molar-refractivity contribution in [3.63, 3.8) is 0 Å². The normalized spacial score (nSPS) is 12.0. The van der Waals surface area contributed by atoms with Gasteiger partial charge in [0, 0.05) is 42.9 Å². The van der Waals surface area contributed by atoms with Gasteiger partial charge in [-0.2, -0.15) is 0 Å². The smallest absolute Gasteiger partial charge is 0.240 e. The van der Waals surface area contributed by atoms with E-state index in [1.54, 1.807) is 28.5 Å². The fraction of sp³-hybridized carbons (Fsp3) is 0.545. The summed E-state index contributed by atoms with van der Waals surface area (Å²) in [5.41, 5.74) is 3.95. The molecular weight excluding hydrogens is 397 g/mol. The average Bonchev–Trinajstić information content (AvgIpc) is 2.65. The summed E-state index contributed by atoms with van der Waals surface area (Å²) in [7, 11) is 9.39. The number of thioether (sulfide) groups is 2. The van der Waals surface area contributed by atoms with E-state index in [0.717, 1.165) is 29.2 Å². The number of carbonyl (C=O) groups is 1. The third-order valence-corrected chi connectivity index (χ3v) is 5.80. The van der Waals surface area contributed by atoms with Crippen LogP contribution in [-0.2, 0) is 10.5 Å². The van der Waals surface area contributed by atoms with Crippen LogP contribution >= 0.6 is 23.5 Å². The van der Waals surface area contributed by atoms with Crippen LogP contribution in [0.4, 0.5) is 5.69 Å². The van der Waals surface area contributed by atoms with Gasteiger partial charge < -0.3 is 0 Å². The Labute approximate surface area is 187 Å². The van der Waals surface area contributed by atoms with Gasteiger partial charge >= 0.3 is 0 Å². The van der Waals surface area contributed by atoms with Crippen LogP contribution < -0.4 is 5.01 Å². The molecule has 1 amide bonds.